The molecule has 1 aliphatic heterocycles. The maximum Gasteiger partial charge on any atom is 0.494 e. The average molecular weight is 667 g/mol. The fourth-order valence-electron chi connectivity index (χ4n) is 5.81. The summed E-state index contributed by atoms with van der Waals surface area (Å²) in [6, 6.07) is 22.9. The summed E-state index contributed by atoms with van der Waals surface area (Å²) in [6.07, 6.45) is 1.98. The van der Waals surface area contributed by atoms with Gasteiger partial charge in [-0.05, 0) is 73.0 Å². The van der Waals surface area contributed by atoms with Gasteiger partial charge in [-0.2, -0.15) is 5.21 Å². The van der Waals surface area contributed by atoms with Crippen molar-refractivity contribution in [3.63, 3.8) is 0 Å². The van der Waals surface area contributed by atoms with Crippen LogP contribution < -0.4 is 10.9 Å². The maximum absolute atomic E-state index is 13.6. The standard InChI is InChI=1S/C37H47BN6O5/c1-8-9-14-32(45)44(23-26-15-19-28(20-16-26)30-12-10-11-13-31(30)34-39-42-43-40-34)33(25(2)3)35(46)41-47-24-27-17-21-29(22-18-27)38-48-36(4,5)37(6,7)49-38/h10-13,15-22,25,33H,8-9,14,23-24H2,1-7H3,(H,41,46)(H,39,40,42,43)/t33-/m0/s1. The molecule has 2 heterocycles. The summed E-state index contributed by atoms with van der Waals surface area (Å²) >= 11 is 0. The lowest BCUT2D eigenvalue weighted by Crippen LogP contribution is -2.51. The van der Waals surface area contributed by atoms with Crippen molar-refractivity contribution in [3.8, 4) is 22.5 Å². The van der Waals surface area contributed by atoms with E-state index in [4.69, 9.17) is 14.1 Å². The van der Waals surface area contributed by atoms with Crippen molar-refractivity contribution in [1.29, 1.82) is 0 Å². The van der Waals surface area contributed by atoms with Gasteiger partial charge in [0.15, 0.2) is 0 Å². The first kappa shape index (κ1) is 35.9. The normalized spacial score (nSPS) is 15.7. The van der Waals surface area contributed by atoms with Crippen molar-refractivity contribution >= 4 is 24.4 Å². The van der Waals surface area contributed by atoms with Gasteiger partial charge in [0.25, 0.3) is 5.91 Å². The number of H-pyrrole nitrogens is 1. The summed E-state index contributed by atoms with van der Waals surface area (Å²) in [6.45, 7) is 14.5. The molecule has 0 bridgehead atoms. The Morgan fingerprint density at radius 2 is 1.55 bits per heavy atom. The fraction of sp³-hybridized carbons (Fsp3) is 0.432. The van der Waals surface area contributed by atoms with Crippen LogP contribution in [0.4, 0.5) is 0 Å². The van der Waals surface area contributed by atoms with Gasteiger partial charge in [0.1, 0.15) is 6.04 Å². The molecule has 11 nitrogen and oxygen atoms in total. The van der Waals surface area contributed by atoms with Gasteiger partial charge in [-0.1, -0.05) is 100.0 Å². The van der Waals surface area contributed by atoms with Crippen LogP contribution >= 0.6 is 0 Å². The molecule has 0 unspecified atom stereocenters. The molecule has 1 atom stereocenters. The van der Waals surface area contributed by atoms with E-state index < -0.39 is 24.4 Å². The third-order valence-corrected chi connectivity index (χ3v) is 9.35. The van der Waals surface area contributed by atoms with Crippen LogP contribution in [0.3, 0.4) is 0 Å². The first-order chi connectivity index (χ1) is 23.4. The lowest BCUT2D eigenvalue weighted by Gasteiger charge is -2.33. The third kappa shape index (κ3) is 8.44. The molecule has 258 valence electrons. The highest BCUT2D eigenvalue weighted by Gasteiger charge is 2.51. The lowest BCUT2D eigenvalue weighted by atomic mass is 9.79. The minimum Gasteiger partial charge on any atom is -0.399 e. The SMILES string of the molecule is CCCCC(=O)N(Cc1ccc(-c2ccccc2-c2nn[nH]n2)cc1)[C@H](C(=O)NOCc1ccc(B2OC(C)(C)C(C)(C)O2)cc1)C(C)C. The number of hydrogen-bond donors (Lipinski definition) is 2. The zero-order chi connectivity index (χ0) is 35.2. The Bertz CT molecular complexity index is 1680. The molecule has 2 amide bonds. The molecule has 2 N–H and O–H groups in total. The molecule has 1 fully saturated rings. The van der Waals surface area contributed by atoms with Crippen molar-refractivity contribution in [1.82, 2.24) is 31.0 Å². The minimum atomic E-state index is -0.728. The molecule has 12 heteroatoms. The number of carbonyl (C=O) groups is 2. The number of aromatic nitrogens is 4. The van der Waals surface area contributed by atoms with Gasteiger partial charge in [0.2, 0.25) is 11.7 Å². The average Bonchev–Trinajstić information content (AvgIpc) is 3.69. The van der Waals surface area contributed by atoms with Gasteiger partial charge < -0.3 is 14.2 Å². The summed E-state index contributed by atoms with van der Waals surface area (Å²) in [4.78, 5) is 34.6. The second-order valence-electron chi connectivity index (χ2n) is 13.9. The third-order valence-electron chi connectivity index (χ3n) is 9.35. The topological polar surface area (TPSA) is 132 Å². The molecule has 5 rings (SSSR count). The molecule has 0 aliphatic carbocycles. The smallest absolute Gasteiger partial charge is 0.399 e. The summed E-state index contributed by atoms with van der Waals surface area (Å²) in [5.74, 6) is -0.0757. The van der Waals surface area contributed by atoms with E-state index in [1.807, 2.05) is 121 Å². The number of unbranched alkanes of at least 4 members (excludes halogenated alkanes) is 1. The van der Waals surface area contributed by atoms with E-state index in [0.29, 0.717) is 12.2 Å². The number of rotatable bonds is 14. The Morgan fingerprint density at radius 1 is 0.918 bits per heavy atom. The van der Waals surface area contributed by atoms with E-state index in [0.717, 1.165) is 46.1 Å². The Hall–Kier alpha value is -4.39. The van der Waals surface area contributed by atoms with Gasteiger partial charge in [-0.3, -0.25) is 14.4 Å². The predicted octanol–water partition coefficient (Wildman–Crippen LogP) is 5.62. The van der Waals surface area contributed by atoms with Crippen LogP contribution in [0.15, 0.2) is 72.8 Å². The highest BCUT2D eigenvalue weighted by atomic mass is 16.7. The highest BCUT2D eigenvalue weighted by molar-refractivity contribution is 6.62. The number of benzene rings is 3. The molecule has 3 aromatic carbocycles. The Morgan fingerprint density at radius 3 is 2.14 bits per heavy atom. The van der Waals surface area contributed by atoms with Crippen LogP contribution in [0, 0.1) is 5.92 Å². The molecule has 0 radical (unpaired) electrons. The first-order valence-electron chi connectivity index (χ1n) is 17.0. The molecular formula is C37H47BN6O5. The van der Waals surface area contributed by atoms with Crippen molar-refractivity contribution < 1.29 is 23.7 Å². The second kappa shape index (κ2) is 15.4. The Kier molecular flexibility index (Phi) is 11.3. The van der Waals surface area contributed by atoms with E-state index in [9.17, 15) is 9.59 Å². The number of hydroxylamine groups is 1. The summed E-state index contributed by atoms with van der Waals surface area (Å²) in [5, 5.41) is 14.5. The zero-order valence-electron chi connectivity index (χ0n) is 29.5. The van der Waals surface area contributed by atoms with Gasteiger partial charge in [0, 0.05) is 18.5 Å². The van der Waals surface area contributed by atoms with Crippen LogP contribution in [0.25, 0.3) is 22.5 Å². The van der Waals surface area contributed by atoms with E-state index >= 15 is 0 Å². The summed E-state index contributed by atoms with van der Waals surface area (Å²) in [5.41, 5.74) is 7.28. The molecule has 1 saturated heterocycles. The highest BCUT2D eigenvalue weighted by Crippen LogP contribution is 2.36. The minimum absolute atomic E-state index is 0.0690. The number of carbonyl (C=O) groups excluding carboxylic acids is 2. The van der Waals surface area contributed by atoms with Gasteiger partial charge >= 0.3 is 7.12 Å². The quantitative estimate of drug-likeness (QED) is 0.131. The van der Waals surface area contributed by atoms with E-state index in [2.05, 4.69) is 26.1 Å². The van der Waals surface area contributed by atoms with Crippen LogP contribution in [0.2, 0.25) is 0 Å². The number of nitrogens with one attached hydrogen (secondary N) is 2. The predicted molar refractivity (Wildman–Crippen MR) is 189 cm³/mol. The zero-order valence-corrected chi connectivity index (χ0v) is 29.5. The number of tetrazole rings is 1. The van der Waals surface area contributed by atoms with Crippen LogP contribution in [0.5, 0.6) is 0 Å². The van der Waals surface area contributed by atoms with Crippen molar-refractivity contribution in [2.75, 3.05) is 0 Å². The van der Waals surface area contributed by atoms with Crippen LogP contribution in [0.1, 0.15) is 78.9 Å². The Labute approximate surface area is 289 Å². The number of hydrogen-bond acceptors (Lipinski definition) is 8. The molecule has 1 aliphatic rings. The second-order valence-corrected chi connectivity index (χ2v) is 13.9. The lowest BCUT2D eigenvalue weighted by molar-refractivity contribution is -0.150. The van der Waals surface area contributed by atoms with Gasteiger partial charge in [0.05, 0.1) is 17.8 Å². The van der Waals surface area contributed by atoms with Crippen molar-refractivity contribution in [2.24, 2.45) is 5.92 Å². The monoisotopic (exact) mass is 666 g/mol. The van der Waals surface area contributed by atoms with Gasteiger partial charge in [-0.15, -0.1) is 10.2 Å². The number of nitrogens with zero attached hydrogens (tertiary/aromatic N) is 4. The molecule has 49 heavy (non-hydrogen) atoms. The Balaban J connectivity index is 1.25. The molecule has 4 aromatic rings. The molecular weight excluding hydrogens is 619 g/mol. The molecule has 0 spiro atoms. The number of amides is 2. The van der Waals surface area contributed by atoms with E-state index in [1.165, 1.54) is 0 Å². The fourth-order valence-corrected chi connectivity index (χ4v) is 5.81. The van der Waals surface area contributed by atoms with Crippen molar-refractivity contribution in [3.05, 3.63) is 83.9 Å². The molecule has 0 saturated carbocycles. The number of aromatic amines is 1. The maximum atomic E-state index is 13.6. The van der Waals surface area contributed by atoms with Crippen molar-refractivity contribution in [2.45, 2.75) is 98.1 Å². The first-order valence-corrected chi connectivity index (χ1v) is 17.0. The van der Waals surface area contributed by atoms with Gasteiger partial charge in [-0.25, -0.2) is 5.48 Å². The van der Waals surface area contributed by atoms with E-state index in [-0.39, 0.29) is 30.9 Å². The summed E-state index contributed by atoms with van der Waals surface area (Å²) < 4.78 is 12.3. The van der Waals surface area contributed by atoms with Crippen LogP contribution in [-0.4, -0.2) is 61.7 Å². The van der Waals surface area contributed by atoms with Crippen LogP contribution in [-0.2, 0) is 36.9 Å². The summed E-state index contributed by atoms with van der Waals surface area (Å²) in [7, 11) is -0.452. The van der Waals surface area contributed by atoms with E-state index in [1.54, 1.807) is 4.90 Å². The molecule has 1 aromatic heterocycles. The largest absolute Gasteiger partial charge is 0.494 e.